The van der Waals surface area contributed by atoms with Gasteiger partial charge in [-0.2, -0.15) is 0 Å². The standard InChI is InChI=1S/C14H26N2O3/c1-14(2,3)8-11(7-12(17)18)16-13(19)15-9-10-5-4-6-10/h10-11H,4-9H2,1-3H3,(H,17,18)(H2,15,16,19). The summed E-state index contributed by atoms with van der Waals surface area (Å²) >= 11 is 0. The summed E-state index contributed by atoms with van der Waals surface area (Å²) in [6.07, 6.45) is 4.23. The number of hydrogen-bond acceptors (Lipinski definition) is 2. The zero-order valence-electron chi connectivity index (χ0n) is 12.2. The van der Waals surface area contributed by atoms with Crippen LogP contribution in [-0.2, 0) is 4.79 Å². The Hall–Kier alpha value is -1.26. The Bertz CT molecular complexity index is 319. The first-order valence-electron chi connectivity index (χ1n) is 7.02. The van der Waals surface area contributed by atoms with Crippen molar-refractivity contribution in [2.45, 2.75) is 58.9 Å². The van der Waals surface area contributed by atoms with E-state index < -0.39 is 5.97 Å². The Labute approximate surface area is 115 Å². The number of amides is 2. The van der Waals surface area contributed by atoms with Crippen LogP contribution in [0.25, 0.3) is 0 Å². The van der Waals surface area contributed by atoms with Gasteiger partial charge in [0.05, 0.1) is 6.42 Å². The second-order valence-corrected chi connectivity index (χ2v) is 6.71. The van der Waals surface area contributed by atoms with Gasteiger partial charge >= 0.3 is 12.0 Å². The molecule has 0 radical (unpaired) electrons. The Kier molecular flexibility index (Phi) is 5.63. The van der Waals surface area contributed by atoms with Crippen molar-refractivity contribution in [2.75, 3.05) is 6.54 Å². The third kappa shape index (κ3) is 7.03. The van der Waals surface area contributed by atoms with Crippen molar-refractivity contribution in [1.29, 1.82) is 0 Å². The number of hydrogen-bond donors (Lipinski definition) is 3. The van der Waals surface area contributed by atoms with E-state index in [1.807, 2.05) is 20.8 Å². The van der Waals surface area contributed by atoms with Crippen molar-refractivity contribution in [3.8, 4) is 0 Å². The van der Waals surface area contributed by atoms with E-state index in [9.17, 15) is 9.59 Å². The zero-order valence-corrected chi connectivity index (χ0v) is 12.2. The first-order valence-corrected chi connectivity index (χ1v) is 7.02. The van der Waals surface area contributed by atoms with E-state index in [1.165, 1.54) is 19.3 Å². The molecule has 1 saturated carbocycles. The van der Waals surface area contributed by atoms with E-state index in [-0.39, 0.29) is 23.9 Å². The SMILES string of the molecule is CC(C)(C)CC(CC(=O)O)NC(=O)NCC1CCC1. The summed E-state index contributed by atoms with van der Waals surface area (Å²) in [4.78, 5) is 22.6. The molecule has 0 spiro atoms. The zero-order chi connectivity index (χ0) is 14.5. The molecule has 2 amide bonds. The summed E-state index contributed by atoms with van der Waals surface area (Å²) in [5.41, 5.74) is -0.0125. The van der Waals surface area contributed by atoms with Crippen LogP contribution < -0.4 is 10.6 Å². The molecular formula is C14H26N2O3. The fraction of sp³-hybridized carbons (Fsp3) is 0.857. The molecular weight excluding hydrogens is 244 g/mol. The van der Waals surface area contributed by atoms with E-state index in [4.69, 9.17) is 5.11 Å². The summed E-state index contributed by atoms with van der Waals surface area (Å²) < 4.78 is 0. The lowest BCUT2D eigenvalue weighted by Crippen LogP contribution is -2.46. The van der Waals surface area contributed by atoms with Gasteiger partial charge in [0.2, 0.25) is 0 Å². The number of nitrogens with one attached hydrogen (secondary N) is 2. The molecule has 1 unspecified atom stereocenters. The lowest BCUT2D eigenvalue weighted by Gasteiger charge is -2.28. The molecule has 110 valence electrons. The number of urea groups is 1. The van der Waals surface area contributed by atoms with Gasteiger partial charge in [0.15, 0.2) is 0 Å². The van der Waals surface area contributed by atoms with Gasteiger partial charge in [-0.3, -0.25) is 4.79 Å². The maximum Gasteiger partial charge on any atom is 0.315 e. The Morgan fingerprint density at radius 2 is 1.95 bits per heavy atom. The monoisotopic (exact) mass is 270 g/mol. The minimum Gasteiger partial charge on any atom is -0.481 e. The molecule has 0 saturated heterocycles. The average Bonchev–Trinajstić information content (AvgIpc) is 2.10. The number of carbonyl (C=O) groups is 2. The summed E-state index contributed by atoms with van der Waals surface area (Å²) in [6.45, 7) is 6.81. The predicted molar refractivity (Wildman–Crippen MR) is 74.0 cm³/mol. The summed E-state index contributed by atoms with van der Waals surface area (Å²) in [5.74, 6) is -0.278. The number of carbonyl (C=O) groups excluding carboxylic acids is 1. The lowest BCUT2D eigenvalue weighted by atomic mass is 9.85. The molecule has 0 aliphatic heterocycles. The van der Waals surface area contributed by atoms with Gasteiger partial charge in [0.25, 0.3) is 0 Å². The smallest absolute Gasteiger partial charge is 0.315 e. The topological polar surface area (TPSA) is 78.4 Å². The highest BCUT2D eigenvalue weighted by molar-refractivity contribution is 5.75. The van der Waals surface area contributed by atoms with Crippen LogP contribution in [0, 0.1) is 11.3 Å². The second-order valence-electron chi connectivity index (χ2n) is 6.71. The van der Waals surface area contributed by atoms with E-state index in [0.717, 1.165) is 0 Å². The lowest BCUT2D eigenvalue weighted by molar-refractivity contribution is -0.137. The van der Waals surface area contributed by atoms with Crippen LogP contribution in [0.15, 0.2) is 0 Å². The predicted octanol–water partition coefficient (Wildman–Crippen LogP) is 2.37. The largest absolute Gasteiger partial charge is 0.481 e. The molecule has 5 nitrogen and oxygen atoms in total. The normalized spacial score (nSPS) is 17.4. The molecule has 0 heterocycles. The first kappa shape index (κ1) is 15.8. The molecule has 1 rings (SSSR count). The van der Waals surface area contributed by atoms with E-state index in [1.54, 1.807) is 0 Å². The summed E-state index contributed by atoms with van der Waals surface area (Å²) in [6, 6.07) is -0.568. The Morgan fingerprint density at radius 3 is 2.37 bits per heavy atom. The molecule has 19 heavy (non-hydrogen) atoms. The van der Waals surface area contributed by atoms with Gasteiger partial charge in [0.1, 0.15) is 0 Å². The van der Waals surface area contributed by atoms with E-state index in [2.05, 4.69) is 10.6 Å². The van der Waals surface area contributed by atoms with E-state index in [0.29, 0.717) is 18.9 Å². The molecule has 1 fully saturated rings. The van der Waals surface area contributed by atoms with Crippen molar-refractivity contribution >= 4 is 12.0 Å². The van der Waals surface area contributed by atoms with Crippen LogP contribution in [0.3, 0.4) is 0 Å². The number of aliphatic carboxylic acids is 1. The van der Waals surface area contributed by atoms with Crippen molar-refractivity contribution < 1.29 is 14.7 Å². The fourth-order valence-corrected chi connectivity index (χ4v) is 2.29. The molecule has 3 N–H and O–H groups in total. The van der Waals surface area contributed by atoms with Crippen LogP contribution in [-0.4, -0.2) is 29.7 Å². The molecule has 0 aromatic heterocycles. The third-order valence-corrected chi connectivity index (χ3v) is 3.39. The van der Waals surface area contributed by atoms with Gasteiger partial charge < -0.3 is 15.7 Å². The van der Waals surface area contributed by atoms with Gasteiger partial charge in [-0.25, -0.2) is 4.79 Å². The molecule has 1 aliphatic carbocycles. The Morgan fingerprint density at radius 1 is 1.32 bits per heavy atom. The van der Waals surface area contributed by atoms with Crippen LogP contribution in [0.4, 0.5) is 4.79 Å². The minimum absolute atomic E-state index is 0.0125. The molecule has 1 aliphatic rings. The van der Waals surface area contributed by atoms with Crippen LogP contribution in [0.2, 0.25) is 0 Å². The van der Waals surface area contributed by atoms with Crippen LogP contribution in [0.1, 0.15) is 52.9 Å². The van der Waals surface area contributed by atoms with Crippen molar-refractivity contribution in [1.82, 2.24) is 10.6 Å². The first-order chi connectivity index (χ1) is 8.76. The maximum absolute atomic E-state index is 11.8. The van der Waals surface area contributed by atoms with Gasteiger partial charge in [-0.05, 0) is 30.6 Å². The molecule has 0 aromatic rings. The molecule has 0 bridgehead atoms. The minimum atomic E-state index is -0.881. The van der Waals surface area contributed by atoms with Gasteiger partial charge in [-0.1, -0.05) is 27.2 Å². The van der Waals surface area contributed by atoms with E-state index >= 15 is 0 Å². The van der Waals surface area contributed by atoms with Crippen LogP contribution in [0.5, 0.6) is 0 Å². The average molecular weight is 270 g/mol. The second kappa shape index (κ2) is 6.78. The molecule has 0 aromatic carbocycles. The number of carboxylic acid groups (broad SMARTS) is 1. The fourth-order valence-electron chi connectivity index (χ4n) is 2.29. The summed E-state index contributed by atoms with van der Waals surface area (Å²) in [7, 11) is 0. The molecule has 5 heteroatoms. The van der Waals surface area contributed by atoms with Crippen LogP contribution >= 0.6 is 0 Å². The highest BCUT2D eigenvalue weighted by Gasteiger charge is 2.23. The third-order valence-electron chi connectivity index (χ3n) is 3.39. The quantitative estimate of drug-likeness (QED) is 0.693. The number of carboxylic acids is 1. The number of rotatable bonds is 6. The Balaban J connectivity index is 2.36. The van der Waals surface area contributed by atoms with Crippen molar-refractivity contribution in [3.05, 3.63) is 0 Å². The van der Waals surface area contributed by atoms with Gasteiger partial charge in [-0.15, -0.1) is 0 Å². The maximum atomic E-state index is 11.8. The highest BCUT2D eigenvalue weighted by atomic mass is 16.4. The highest BCUT2D eigenvalue weighted by Crippen LogP contribution is 2.25. The van der Waals surface area contributed by atoms with Gasteiger partial charge in [0, 0.05) is 12.6 Å². The van der Waals surface area contributed by atoms with Crippen molar-refractivity contribution in [3.63, 3.8) is 0 Å². The molecule has 1 atom stereocenters. The van der Waals surface area contributed by atoms with Crippen molar-refractivity contribution in [2.24, 2.45) is 11.3 Å². The summed E-state index contributed by atoms with van der Waals surface area (Å²) in [5, 5.41) is 14.5.